The van der Waals surface area contributed by atoms with E-state index in [0.29, 0.717) is 6.61 Å². The summed E-state index contributed by atoms with van der Waals surface area (Å²) in [6.07, 6.45) is 0.273. The lowest BCUT2D eigenvalue weighted by molar-refractivity contribution is -0.150. The number of carbonyl (C=O) groups excluding carboxylic acids is 1. The van der Waals surface area contributed by atoms with E-state index in [1.807, 2.05) is 0 Å². The van der Waals surface area contributed by atoms with Crippen LogP contribution < -0.4 is 11.1 Å². The Labute approximate surface area is 107 Å². The highest BCUT2D eigenvalue weighted by molar-refractivity contribution is 5.90. The second kappa shape index (κ2) is 4.51. The first-order chi connectivity index (χ1) is 8.03. The quantitative estimate of drug-likeness (QED) is 0.664. The molecule has 0 spiro atoms. The van der Waals surface area contributed by atoms with E-state index >= 15 is 0 Å². The van der Waals surface area contributed by atoms with Gasteiger partial charge in [0.15, 0.2) is 5.54 Å². The fraction of sp³-hybridized carbons (Fsp3) is 0.833. The molecule has 6 heteroatoms. The summed E-state index contributed by atoms with van der Waals surface area (Å²) in [5.41, 5.74) is 3.02. The van der Waals surface area contributed by atoms with E-state index in [0.717, 1.165) is 0 Å². The number of hydrogen-bond donors (Lipinski definition) is 3. The molecule has 0 aromatic heterocycles. The highest BCUT2D eigenvalue weighted by Crippen LogP contribution is 2.30. The molecule has 1 rings (SSSR count). The van der Waals surface area contributed by atoms with Crippen LogP contribution in [-0.2, 0) is 14.3 Å². The van der Waals surface area contributed by atoms with Crippen LogP contribution in [0.15, 0.2) is 0 Å². The summed E-state index contributed by atoms with van der Waals surface area (Å²) < 4.78 is 5.09. The lowest BCUT2D eigenvalue weighted by Gasteiger charge is -2.39. The van der Waals surface area contributed by atoms with Gasteiger partial charge in [-0.3, -0.25) is 4.79 Å². The monoisotopic (exact) mass is 258 g/mol. The van der Waals surface area contributed by atoms with Gasteiger partial charge >= 0.3 is 5.97 Å². The van der Waals surface area contributed by atoms with Gasteiger partial charge < -0.3 is 20.9 Å². The van der Waals surface area contributed by atoms with Crippen LogP contribution >= 0.6 is 0 Å². The van der Waals surface area contributed by atoms with Crippen molar-refractivity contribution in [2.45, 2.75) is 45.2 Å². The summed E-state index contributed by atoms with van der Waals surface area (Å²) in [6, 6.07) is 0. The first-order valence-electron chi connectivity index (χ1n) is 5.95. The maximum Gasteiger partial charge on any atom is 0.331 e. The number of nitrogens with one attached hydrogen (secondary N) is 1. The van der Waals surface area contributed by atoms with Crippen molar-refractivity contribution in [3.05, 3.63) is 0 Å². The molecule has 18 heavy (non-hydrogen) atoms. The van der Waals surface area contributed by atoms with E-state index in [1.165, 1.54) is 0 Å². The Morgan fingerprint density at radius 1 is 1.33 bits per heavy atom. The van der Waals surface area contributed by atoms with E-state index in [-0.39, 0.29) is 18.9 Å². The molecule has 1 amide bonds. The van der Waals surface area contributed by atoms with Gasteiger partial charge in [-0.15, -0.1) is 0 Å². The Bertz CT molecular complexity index is 352. The fourth-order valence-corrected chi connectivity index (χ4v) is 1.55. The molecule has 0 aromatic rings. The van der Waals surface area contributed by atoms with Gasteiger partial charge in [0.05, 0.1) is 12.0 Å². The standard InChI is InChI=1S/C12H22N2O4/c1-10(2,11(3,4)13)8(15)14-12(9(16)17)5-6-18-7-12/h5-7,13H2,1-4H3,(H,14,15)(H,16,17). The molecule has 104 valence electrons. The second-order valence-electron chi connectivity index (χ2n) is 5.99. The normalized spacial score (nSPS) is 24.9. The molecule has 1 saturated heterocycles. The second-order valence-corrected chi connectivity index (χ2v) is 5.99. The van der Waals surface area contributed by atoms with Crippen LogP contribution in [0.1, 0.15) is 34.1 Å². The topological polar surface area (TPSA) is 102 Å². The zero-order valence-electron chi connectivity index (χ0n) is 11.4. The van der Waals surface area contributed by atoms with Crippen LogP contribution in [0.25, 0.3) is 0 Å². The van der Waals surface area contributed by atoms with Crippen LogP contribution in [0.3, 0.4) is 0 Å². The minimum atomic E-state index is -1.32. The minimum absolute atomic E-state index is 0.00481. The summed E-state index contributed by atoms with van der Waals surface area (Å²) in [5.74, 6) is -1.44. The van der Waals surface area contributed by atoms with E-state index in [9.17, 15) is 14.7 Å². The Kier molecular flexibility index (Phi) is 3.74. The molecule has 0 aliphatic carbocycles. The summed E-state index contributed by atoms with van der Waals surface area (Å²) in [6.45, 7) is 7.21. The van der Waals surface area contributed by atoms with E-state index < -0.39 is 22.5 Å². The van der Waals surface area contributed by atoms with E-state index in [4.69, 9.17) is 10.5 Å². The molecule has 1 aliphatic rings. The number of aliphatic carboxylic acids is 1. The zero-order valence-corrected chi connectivity index (χ0v) is 11.4. The predicted molar refractivity (Wildman–Crippen MR) is 66.0 cm³/mol. The molecular weight excluding hydrogens is 236 g/mol. The molecule has 0 aromatic carbocycles. The third-order valence-corrected chi connectivity index (χ3v) is 3.96. The van der Waals surface area contributed by atoms with Gasteiger partial charge in [-0.05, 0) is 27.7 Å². The minimum Gasteiger partial charge on any atom is -0.479 e. The number of amides is 1. The summed E-state index contributed by atoms with van der Waals surface area (Å²) in [4.78, 5) is 23.6. The lowest BCUT2D eigenvalue weighted by Crippen LogP contribution is -2.63. The highest BCUT2D eigenvalue weighted by atomic mass is 16.5. The van der Waals surface area contributed by atoms with Gasteiger partial charge in [-0.25, -0.2) is 4.79 Å². The number of rotatable bonds is 4. The third kappa shape index (κ3) is 2.49. The van der Waals surface area contributed by atoms with Crippen molar-refractivity contribution in [1.82, 2.24) is 5.32 Å². The van der Waals surface area contributed by atoms with Crippen molar-refractivity contribution >= 4 is 11.9 Å². The lowest BCUT2D eigenvalue weighted by atomic mass is 9.74. The third-order valence-electron chi connectivity index (χ3n) is 3.96. The molecule has 1 fully saturated rings. The Hall–Kier alpha value is -1.14. The molecule has 1 atom stereocenters. The van der Waals surface area contributed by atoms with Crippen molar-refractivity contribution in [3.63, 3.8) is 0 Å². The van der Waals surface area contributed by atoms with Gasteiger partial charge in [-0.2, -0.15) is 0 Å². The predicted octanol–water partition coefficient (Wildman–Crippen LogP) is 0.110. The molecule has 6 nitrogen and oxygen atoms in total. The van der Waals surface area contributed by atoms with Crippen molar-refractivity contribution in [3.8, 4) is 0 Å². The Morgan fingerprint density at radius 2 is 1.89 bits per heavy atom. The van der Waals surface area contributed by atoms with Crippen molar-refractivity contribution in [2.75, 3.05) is 13.2 Å². The molecule has 0 bridgehead atoms. The SMILES string of the molecule is CC(C)(N)C(C)(C)C(=O)NC1(C(=O)O)CCOC1. The smallest absolute Gasteiger partial charge is 0.331 e. The number of hydrogen-bond acceptors (Lipinski definition) is 4. The van der Waals surface area contributed by atoms with Gasteiger partial charge in [0.1, 0.15) is 0 Å². The average Bonchev–Trinajstić information content (AvgIpc) is 2.65. The number of ether oxygens (including phenoxy) is 1. The van der Waals surface area contributed by atoms with Gasteiger partial charge in [0.25, 0.3) is 0 Å². The summed E-state index contributed by atoms with van der Waals surface area (Å²) in [7, 11) is 0. The summed E-state index contributed by atoms with van der Waals surface area (Å²) in [5, 5.41) is 11.9. The largest absolute Gasteiger partial charge is 0.479 e. The number of carbonyl (C=O) groups is 2. The molecule has 4 N–H and O–H groups in total. The van der Waals surface area contributed by atoms with Crippen LogP contribution in [-0.4, -0.2) is 41.3 Å². The van der Waals surface area contributed by atoms with Crippen molar-refractivity contribution in [2.24, 2.45) is 11.1 Å². The van der Waals surface area contributed by atoms with Crippen molar-refractivity contribution in [1.29, 1.82) is 0 Å². The highest BCUT2D eigenvalue weighted by Gasteiger charge is 2.48. The summed E-state index contributed by atoms with van der Waals surface area (Å²) >= 11 is 0. The molecule has 0 radical (unpaired) electrons. The van der Waals surface area contributed by atoms with Crippen molar-refractivity contribution < 1.29 is 19.4 Å². The molecule has 1 heterocycles. The molecular formula is C12H22N2O4. The molecule has 0 saturated carbocycles. The zero-order chi connectivity index (χ0) is 14.2. The van der Waals surface area contributed by atoms with Gasteiger partial charge in [-0.1, -0.05) is 0 Å². The maximum absolute atomic E-state index is 12.3. The van der Waals surface area contributed by atoms with Crippen LogP contribution in [0.4, 0.5) is 0 Å². The van der Waals surface area contributed by atoms with Crippen LogP contribution in [0.2, 0.25) is 0 Å². The first-order valence-corrected chi connectivity index (χ1v) is 5.95. The first kappa shape index (κ1) is 14.9. The number of carboxylic acid groups (broad SMARTS) is 1. The Balaban J connectivity index is 2.90. The molecule has 1 aliphatic heterocycles. The molecule has 1 unspecified atom stereocenters. The van der Waals surface area contributed by atoms with E-state index in [1.54, 1.807) is 27.7 Å². The van der Waals surface area contributed by atoms with Crippen LogP contribution in [0.5, 0.6) is 0 Å². The Morgan fingerprint density at radius 3 is 2.22 bits per heavy atom. The van der Waals surface area contributed by atoms with Gasteiger partial charge in [0, 0.05) is 18.6 Å². The number of nitrogens with two attached hydrogens (primary N) is 1. The fourth-order valence-electron chi connectivity index (χ4n) is 1.55. The maximum atomic E-state index is 12.3. The van der Waals surface area contributed by atoms with Crippen LogP contribution in [0, 0.1) is 5.41 Å². The number of carboxylic acids is 1. The van der Waals surface area contributed by atoms with E-state index in [2.05, 4.69) is 5.32 Å². The average molecular weight is 258 g/mol. The van der Waals surface area contributed by atoms with Gasteiger partial charge in [0.2, 0.25) is 5.91 Å².